The molecule has 0 bridgehead atoms. The van der Waals surface area contributed by atoms with E-state index in [1.54, 1.807) is 0 Å². The van der Waals surface area contributed by atoms with Gasteiger partial charge in [0.1, 0.15) is 6.04 Å². The van der Waals surface area contributed by atoms with Gasteiger partial charge in [0, 0.05) is 18.2 Å². The molecule has 1 saturated carbocycles. The van der Waals surface area contributed by atoms with E-state index in [4.69, 9.17) is 5.73 Å². The van der Waals surface area contributed by atoms with E-state index in [2.05, 4.69) is 4.99 Å². The molecule has 2 rings (SSSR count). The van der Waals surface area contributed by atoms with Crippen LogP contribution in [-0.4, -0.2) is 17.8 Å². The molecule has 0 radical (unpaired) electrons. The second-order valence-corrected chi connectivity index (χ2v) is 1.93. The van der Waals surface area contributed by atoms with Gasteiger partial charge in [-0.15, -0.1) is 0 Å². The molecule has 0 spiro atoms. The fourth-order valence-electron chi connectivity index (χ4n) is 0.850. The van der Waals surface area contributed by atoms with Crippen LogP contribution in [0.3, 0.4) is 0 Å². The maximum atomic E-state index is 5.45. The third-order valence-corrected chi connectivity index (χ3v) is 1.43. The van der Waals surface area contributed by atoms with Gasteiger partial charge in [0.05, 0.1) is 0 Å². The van der Waals surface area contributed by atoms with E-state index in [9.17, 15) is 0 Å². The minimum absolute atomic E-state index is 0.403. The monoisotopic (exact) mass is 82.1 g/mol. The zero-order chi connectivity index (χ0) is 4.15. The molecule has 1 heterocycles. The highest BCUT2D eigenvalue weighted by molar-refractivity contribution is 6.07. The molecule has 0 aromatic carbocycles. The summed E-state index contributed by atoms with van der Waals surface area (Å²) in [5.74, 6) is 0. The summed E-state index contributed by atoms with van der Waals surface area (Å²) in [7, 11) is 0. The smallest absolute Gasteiger partial charge is 0.103 e. The molecule has 0 aromatic heterocycles. The molecule has 0 amide bonds. The molecule has 2 unspecified atom stereocenters. The van der Waals surface area contributed by atoms with Gasteiger partial charge >= 0.3 is 0 Å². The third kappa shape index (κ3) is 0.135. The second kappa shape index (κ2) is 0.540. The highest BCUT2D eigenvalue weighted by Crippen LogP contribution is 2.30. The minimum Gasteiger partial charge on any atom is -0.325 e. The van der Waals surface area contributed by atoms with E-state index >= 15 is 0 Å². The summed E-state index contributed by atoms with van der Waals surface area (Å²) in [6, 6.07) is 0.921. The van der Waals surface area contributed by atoms with Crippen LogP contribution in [0.5, 0.6) is 0 Å². The Balaban J connectivity index is 2.17. The Morgan fingerprint density at radius 2 is 2.67 bits per heavy atom. The number of fused-ring (bicyclic) bond motifs is 1. The first kappa shape index (κ1) is 2.75. The average molecular weight is 82.1 g/mol. The molecule has 0 saturated heterocycles. The Bertz CT molecular complexity index is 117. The van der Waals surface area contributed by atoms with Crippen molar-refractivity contribution in [2.45, 2.75) is 18.5 Å². The van der Waals surface area contributed by atoms with E-state index in [1.807, 2.05) is 0 Å². The lowest BCUT2D eigenvalue weighted by molar-refractivity contribution is 0.650. The van der Waals surface area contributed by atoms with Crippen molar-refractivity contribution in [3.8, 4) is 0 Å². The standard InChI is InChI=1S/C4H6N2/c5-2-1-3-4(2)6-3/h2,4H,1,5H2. The fourth-order valence-corrected chi connectivity index (χ4v) is 0.850. The van der Waals surface area contributed by atoms with Gasteiger partial charge in [-0.25, -0.2) is 0 Å². The molecule has 1 aliphatic heterocycles. The van der Waals surface area contributed by atoms with Crippen LogP contribution in [0.4, 0.5) is 0 Å². The molecule has 2 aliphatic rings. The van der Waals surface area contributed by atoms with Gasteiger partial charge < -0.3 is 5.73 Å². The van der Waals surface area contributed by atoms with Gasteiger partial charge in [0.25, 0.3) is 0 Å². The molecule has 32 valence electrons. The van der Waals surface area contributed by atoms with E-state index in [0.29, 0.717) is 12.1 Å². The summed E-state index contributed by atoms with van der Waals surface area (Å²) in [6.07, 6.45) is 1.07. The number of aliphatic imine (C=N–C) groups is 1. The normalized spacial score (nSPS) is 49.2. The fraction of sp³-hybridized carbons (Fsp3) is 0.750. The second-order valence-electron chi connectivity index (χ2n) is 1.93. The Hall–Kier alpha value is -0.370. The quantitative estimate of drug-likeness (QED) is 0.422. The van der Waals surface area contributed by atoms with E-state index in [1.165, 1.54) is 5.71 Å². The van der Waals surface area contributed by atoms with Crippen LogP contribution in [0.15, 0.2) is 4.99 Å². The molecule has 2 atom stereocenters. The van der Waals surface area contributed by atoms with Crippen LogP contribution in [0.2, 0.25) is 0 Å². The molecular weight excluding hydrogens is 76.1 g/mol. The van der Waals surface area contributed by atoms with Crippen LogP contribution < -0.4 is 5.73 Å². The molecule has 2 heteroatoms. The van der Waals surface area contributed by atoms with Crippen molar-refractivity contribution in [2.75, 3.05) is 0 Å². The van der Waals surface area contributed by atoms with Crippen molar-refractivity contribution in [1.82, 2.24) is 0 Å². The van der Waals surface area contributed by atoms with Gasteiger partial charge in [0.2, 0.25) is 0 Å². The van der Waals surface area contributed by atoms with Crippen LogP contribution in [0, 0.1) is 0 Å². The molecule has 6 heavy (non-hydrogen) atoms. The van der Waals surface area contributed by atoms with Gasteiger partial charge in [-0.05, 0) is 0 Å². The lowest BCUT2D eigenvalue weighted by atomic mass is 9.94. The molecule has 0 aromatic rings. The Kier molecular flexibility index (Phi) is 0.247. The predicted octanol–water partition coefficient (Wildman–Crippen LogP) is -0.459. The Labute approximate surface area is 36.1 Å². The van der Waals surface area contributed by atoms with Gasteiger partial charge in [-0.3, -0.25) is 4.99 Å². The zero-order valence-electron chi connectivity index (χ0n) is 3.39. The van der Waals surface area contributed by atoms with Crippen molar-refractivity contribution in [1.29, 1.82) is 0 Å². The minimum atomic E-state index is 0.403. The summed E-state index contributed by atoms with van der Waals surface area (Å²) in [5, 5.41) is 0. The van der Waals surface area contributed by atoms with Crippen molar-refractivity contribution in [3.05, 3.63) is 0 Å². The van der Waals surface area contributed by atoms with Crippen molar-refractivity contribution < 1.29 is 0 Å². The van der Waals surface area contributed by atoms with E-state index in [0.717, 1.165) is 6.42 Å². The van der Waals surface area contributed by atoms with Crippen LogP contribution in [0.25, 0.3) is 0 Å². The number of nitrogens with two attached hydrogens (primary N) is 1. The topological polar surface area (TPSA) is 38.4 Å². The maximum absolute atomic E-state index is 5.45. The molecule has 1 aliphatic carbocycles. The summed E-state index contributed by atoms with van der Waals surface area (Å²) in [6.45, 7) is 0. The van der Waals surface area contributed by atoms with Crippen molar-refractivity contribution in [3.63, 3.8) is 0 Å². The summed E-state index contributed by atoms with van der Waals surface area (Å²) in [4.78, 5) is 4.04. The number of nitrogens with zero attached hydrogens (tertiary/aromatic N) is 1. The zero-order valence-corrected chi connectivity index (χ0v) is 3.39. The number of hydrogen-bond donors (Lipinski definition) is 1. The highest BCUT2D eigenvalue weighted by Gasteiger charge is 2.44. The largest absolute Gasteiger partial charge is 0.325 e. The lowest BCUT2D eigenvalue weighted by Gasteiger charge is -2.14. The van der Waals surface area contributed by atoms with Crippen molar-refractivity contribution >= 4 is 5.71 Å². The molecular formula is C4H6N2. The summed E-state index contributed by atoms with van der Waals surface area (Å²) >= 11 is 0. The molecule has 2 N–H and O–H groups in total. The Morgan fingerprint density at radius 3 is 2.67 bits per heavy atom. The van der Waals surface area contributed by atoms with E-state index in [-0.39, 0.29) is 0 Å². The first-order valence-electron chi connectivity index (χ1n) is 2.20. The Morgan fingerprint density at radius 1 is 1.83 bits per heavy atom. The maximum Gasteiger partial charge on any atom is 0.103 e. The predicted molar refractivity (Wildman–Crippen MR) is 23.8 cm³/mol. The van der Waals surface area contributed by atoms with Crippen LogP contribution in [0.1, 0.15) is 6.42 Å². The van der Waals surface area contributed by atoms with E-state index < -0.39 is 0 Å². The highest BCUT2D eigenvalue weighted by atomic mass is 15.1. The van der Waals surface area contributed by atoms with Gasteiger partial charge in [0.15, 0.2) is 0 Å². The van der Waals surface area contributed by atoms with Crippen molar-refractivity contribution in [2.24, 2.45) is 10.7 Å². The molecule has 1 fully saturated rings. The number of rotatable bonds is 0. The van der Waals surface area contributed by atoms with Crippen LogP contribution >= 0.6 is 0 Å². The van der Waals surface area contributed by atoms with Gasteiger partial charge in [-0.1, -0.05) is 0 Å². The number of hydrogen-bond acceptors (Lipinski definition) is 2. The third-order valence-electron chi connectivity index (χ3n) is 1.43. The average Bonchev–Trinajstić information content (AvgIpc) is 2.12. The van der Waals surface area contributed by atoms with Crippen LogP contribution in [-0.2, 0) is 0 Å². The van der Waals surface area contributed by atoms with Gasteiger partial charge in [-0.2, -0.15) is 0 Å². The lowest BCUT2D eigenvalue weighted by Crippen LogP contribution is -2.39. The SMILES string of the molecule is NC1CC2=NC21. The first-order valence-corrected chi connectivity index (χ1v) is 2.20. The molecule has 2 nitrogen and oxygen atoms in total. The summed E-state index contributed by atoms with van der Waals surface area (Å²) < 4.78 is 0. The summed E-state index contributed by atoms with van der Waals surface area (Å²) in [5.41, 5.74) is 6.80. The first-order chi connectivity index (χ1) is 2.88.